The van der Waals surface area contributed by atoms with Crippen molar-refractivity contribution in [1.82, 2.24) is 4.98 Å². The van der Waals surface area contributed by atoms with Crippen molar-refractivity contribution >= 4 is 22.3 Å². The molecule has 0 bridgehead atoms. The summed E-state index contributed by atoms with van der Waals surface area (Å²) in [5, 5.41) is 5.18. The van der Waals surface area contributed by atoms with Crippen LogP contribution in [0, 0.1) is 0 Å². The molecule has 27 heavy (non-hydrogen) atoms. The van der Waals surface area contributed by atoms with Crippen molar-refractivity contribution in [2.24, 2.45) is 0 Å². The van der Waals surface area contributed by atoms with Crippen LogP contribution in [0.15, 0.2) is 48.7 Å². The molecule has 0 amide bonds. The lowest BCUT2D eigenvalue weighted by Crippen LogP contribution is -2.00. The number of hydrogen-bond acceptors (Lipinski definition) is 7. The van der Waals surface area contributed by atoms with Gasteiger partial charge in [0.2, 0.25) is 0 Å². The minimum absolute atomic E-state index is 0.350. The molecular weight excluding hydrogens is 364 g/mol. The molecule has 0 saturated carbocycles. The summed E-state index contributed by atoms with van der Waals surface area (Å²) in [7, 11) is 4.64. The number of benzene rings is 2. The second-order valence-electron chi connectivity index (χ2n) is 5.63. The maximum atomic E-state index is 11.5. The molecule has 0 radical (unpaired) electrons. The van der Waals surface area contributed by atoms with Crippen LogP contribution in [0.2, 0.25) is 0 Å². The standard InChI is InChI=1S/C20H20N2O4S/c1-24-16-9-8-15(17(10-16)25-2)11-21-18-12-22-19(27-18)13-4-6-14(7-5-13)20(23)26-3/h4-10,12,21H,11H2,1-3H3. The molecule has 1 aromatic heterocycles. The van der Waals surface area contributed by atoms with Gasteiger partial charge in [0.15, 0.2) is 0 Å². The predicted octanol–water partition coefficient (Wildman–Crippen LogP) is 4.23. The van der Waals surface area contributed by atoms with Crippen molar-refractivity contribution in [1.29, 1.82) is 0 Å². The molecule has 0 aliphatic rings. The summed E-state index contributed by atoms with van der Waals surface area (Å²) < 4.78 is 15.4. The molecular formula is C20H20N2O4S. The molecule has 0 fully saturated rings. The lowest BCUT2D eigenvalue weighted by Gasteiger charge is -2.10. The first-order valence-corrected chi connectivity index (χ1v) is 9.05. The molecule has 140 valence electrons. The van der Waals surface area contributed by atoms with E-state index in [4.69, 9.17) is 14.2 Å². The summed E-state index contributed by atoms with van der Waals surface area (Å²) in [5.41, 5.74) is 2.49. The highest BCUT2D eigenvalue weighted by Gasteiger charge is 2.09. The van der Waals surface area contributed by atoms with E-state index in [1.54, 1.807) is 43.9 Å². The van der Waals surface area contributed by atoms with E-state index in [9.17, 15) is 4.79 Å². The van der Waals surface area contributed by atoms with Gasteiger partial charge in [0.05, 0.1) is 33.1 Å². The van der Waals surface area contributed by atoms with Crippen molar-refractivity contribution in [2.45, 2.75) is 6.54 Å². The number of rotatable bonds is 7. The highest BCUT2D eigenvalue weighted by Crippen LogP contribution is 2.30. The van der Waals surface area contributed by atoms with Gasteiger partial charge in [-0.25, -0.2) is 9.78 Å². The van der Waals surface area contributed by atoms with Gasteiger partial charge in [-0.2, -0.15) is 0 Å². The van der Waals surface area contributed by atoms with Crippen LogP contribution >= 0.6 is 11.3 Å². The second kappa shape index (κ2) is 8.55. The Hall–Kier alpha value is -3.06. The molecule has 0 saturated heterocycles. The van der Waals surface area contributed by atoms with E-state index < -0.39 is 0 Å². The van der Waals surface area contributed by atoms with Gasteiger partial charge in [-0.3, -0.25) is 0 Å². The first-order valence-electron chi connectivity index (χ1n) is 8.24. The molecule has 6 nitrogen and oxygen atoms in total. The third kappa shape index (κ3) is 4.38. The fraction of sp³-hybridized carbons (Fsp3) is 0.200. The highest BCUT2D eigenvalue weighted by atomic mass is 32.1. The minimum atomic E-state index is -0.350. The van der Waals surface area contributed by atoms with E-state index in [-0.39, 0.29) is 5.97 Å². The Morgan fingerprint density at radius 3 is 2.52 bits per heavy atom. The van der Waals surface area contributed by atoms with Gasteiger partial charge in [-0.1, -0.05) is 23.5 Å². The molecule has 0 spiro atoms. The van der Waals surface area contributed by atoms with Gasteiger partial charge < -0.3 is 19.5 Å². The van der Waals surface area contributed by atoms with E-state index in [2.05, 4.69) is 10.3 Å². The summed E-state index contributed by atoms with van der Waals surface area (Å²) in [6.07, 6.45) is 1.80. The van der Waals surface area contributed by atoms with Crippen LogP contribution < -0.4 is 14.8 Å². The van der Waals surface area contributed by atoms with Crippen LogP contribution in [0.3, 0.4) is 0 Å². The van der Waals surface area contributed by atoms with E-state index in [1.807, 2.05) is 30.3 Å². The van der Waals surface area contributed by atoms with Crippen molar-refractivity contribution in [2.75, 3.05) is 26.6 Å². The fourth-order valence-electron chi connectivity index (χ4n) is 2.54. The van der Waals surface area contributed by atoms with Crippen LogP contribution in [0.1, 0.15) is 15.9 Å². The summed E-state index contributed by atoms with van der Waals surface area (Å²) in [4.78, 5) is 16.0. The molecule has 3 aromatic rings. The number of carbonyl (C=O) groups excluding carboxylic acids is 1. The van der Waals surface area contributed by atoms with Gasteiger partial charge in [0, 0.05) is 23.7 Å². The molecule has 0 atom stereocenters. The number of ether oxygens (including phenoxy) is 3. The zero-order chi connectivity index (χ0) is 19.2. The summed E-state index contributed by atoms with van der Waals surface area (Å²) in [6, 6.07) is 12.9. The number of hydrogen-bond donors (Lipinski definition) is 1. The fourth-order valence-corrected chi connectivity index (χ4v) is 3.35. The number of esters is 1. The van der Waals surface area contributed by atoms with Crippen LogP contribution in [-0.4, -0.2) is 32.3 Å². The number of nitrogens with zero attached hydrogens (tertiary/aromatic N) is 1. The number of methoxy groups -OCH3 is 3. The van der Waals surface area contributed by atoms with Crippen LogP contribution in [0.5, 0.6) is 11.5 Å². The van der Waals surface area contributed by atoms with Crippen molar-refractivity contribution in [3.05, 3.63) is 59.8 Å². The Kier molecular flexibility index (Phi) is 5.93. The Morgan fingerprint density at radius 2 is 1.85 bits per heavy atom. The van der Waals surface area contributed by atoms with Crippen LogP contribution in [-0.2, 0) is 11.3 Å². The average Bonchev–Trinajstić information content (AvgIpc) is 3.20. The zero-order valence-electron chi connectivity index (χ0n) is 15.3. The van der Waals surface area contributed by atoms with Crippen molar-refractivity contribution < 1.29 is 19.0 Å². The third-order valence-corrected chi connectivity index (χ3v) is 5.01. The second-order valence-corrected chi connectivity index (χ2v) is 6.66. The number of anilines is 1. The maximum Gasteiger partial charge on any atom is 0.337 e. The lowest BCUT2D eigenvalue weighted by molar-refractivity contribution is 0.0601. The van der Waals surface area contributed by atoms with E-state index in [0.29, 0.717) is 12.1 Å². The quantitative estimate of drug-likeness (QED) is 0.615. The van der Waals surface area contributed by atoms with Gasteiger partial charge in [0.25, 0.3) is 0 Å². The number of carbonyl (C=O) groups is 1. The molecule has 3 rings (SSSR count). The minimum Gasteiger partial charge on any atom is -0.497 e. The summed E-state index contributed by atoms with van der Waals surface area (Å²) in [5.74, 6) is 1.17. The number of thiazole rings is 1. The molecule has 1 heterocycles. The molecule has 1 N–H and O–H groups in total. The van der Waals surface area contributed by atoms with Gasteiger partial charge >= 0.3 is 5.97 Å². The topological polar surface area (TPSA) is 69.7 Å². The SMILES string of the molecule is COC(=O)c1ccc(-c2ncc(NCc3ccc(OC)cc3OC)s2)cc1. The average molecular weight is 384 g/mol. The molecule has 0 unspecified atom stereocenters. The van der Waals surface area contributed by atoms with Crippen molar-refractivity contribution in [3.63, 3.8) is 0 Å². The Bertz CT molecular complexity index is 922. The van der Waals surface area contributed by atoms with Gasteiger partial charge in [-0.15, -0.1) is 0 Å². The monoisotopic (exact) mass is 384 g/mol. The molecule has 2 aromatic carbocycles. The normalized spacial score (nSPS) is 10.3. The summed E-state index contributed by atoms with van der Waals surface area (Å²) in [6.45, 7) is 0.607. The third-order valence-electron chi connectivity index (χ3n) is 4.01. The number of aromatic nitrogens is 1. The maximum absolute atomic E-state index is 11.5. The van der Waals surface area contributed by atoms with E-state index >= 15 is 0 Å². The van der Waals surface area contributed by atoms with Gasteiger partial charge in [-0.05, 0) is 24.3 Å². The molecule has 0 aliphatic carbocycles. The first-order chi connectivity index (χ1) is 13.1. The predicted molar refractivity (Wildman–Crippen MR) is 106 cm³/mol. The van der Waals surface area contributed by atoms with E-state index in [0.717, 1.165) is 32.6 Å². The largest absolute Gasteiger partial charge is 0.497 e. The van der Waals surface area contributed by atoms with Gasteiger partial charge in [0.1, 0.15) is 21.5 Å². The Balaban J connectivity index is 1.69. The molecule has 7 heteroatoms. The van der Waals surface area contributed by atoms with Crippen molar-refractivity contribution in [3.8, 4) is 22.1 Å². The smallest absolute Gasteiger partial charge is 0.337 e. The molecule has 0 aliphatic heterocycles. The first kappa shape index (κ1) is 18.7. The lowest BCUT2D eigenvalue weighted by atomic mass is 10.1. The Labute approximate surface area is 161 Å². The Morgan fingerprint density at radius 1 is 1.07 bits per heavy atom. The van der Waals surface area contributed by atoms with Crippen LogP contribution in [0.25, 0.3) is 10.6 Å². The van der Waals surface area contributed by atoms with E-state index in [1.165, 1.54) is 7.11 Å². The summed E-state index contributed by atoms with van der Waals surface area (Å²) >= 11 is 1.54. The highest BCUT2D eigenvalue weighted by molar-refractivity contribution is 7.18. The zero-order valence-corrected chi connectivity index (χ0v) is 16.1. The van der Waals surface area contributed by atoms with Crippen LogP contribution in [0.4, 0.5) is 5.00 Å². The number of nitrogens with one attached hydrogen (secondary N) is 1.